The molecule has 2 atom stereocenters. The van der Waals surface area contributed by atoms with E-state index in [1.807, 2.05) is 6.07 Å². The summed E-state index contributed by atoms with van der Waals surface area (Å²) in [6.07, 6.45) is 6.36. The summed E-state index contributed by atoms with van der Waals surface area (Å²) in [5, 5.41) is 3.07. The van der Waals surface area contributed by atoms with E-state index in [1.54, 1.807) is 12.3 Å². The van der Waals surface area contributed by atoms with Crippen molar-refractivity contribution in [3.05, 3.63) is 24.0 Å². The van der Waals surface area contributed by atoms with Crippen LogP contribution in [-0.4, -0.2) is 23.5 Å². The molecule has 17 heavy (non-hydrogen) atoms. The predicted molar refractivity (Wildman–Crippen MR) is 70.3 cm³/mol. The Morgan fingerprint density at radius 2 is 2.24 bits per heavy atom. The highest BCUT2D eigenvalue weighted by Crippen LogP contribution is 2.23. The molecule has 0 aromatic carbocycles. The minimum Gasteiger partial charge on any atom is -0.357 e. The molecule has 0 radical (unpaired) electrons. The molecule has 0 saturated heterocycles. The van der Waals surface area contributed by atoms with E-state index in [-0.39, 0.29) is 24.4 Å². The molecule has 1 aliphatic carbocycles. The van der Waals surface area contributed by atoms with Gasteiger partial charge in [-0.1, -0.05) is 12.8 Å². The number of carbonyl (C=O) groups is 1. The Morgan fingerprint density at radius 1 is 1.47 bits per heavy atom. The van der Waals surface area contributed by atoms with Gasteiger partial charge in [0.1, 0.15) is 5.69 Å². The van der Waals surface area contributed by atoms with E-state index in [2.05, 4.69) is 10.3 Å². The van der Waals surface area contributed by atoms with Crippen molar-refractivity contribution in [1.29, 1.82) is 0 Å². The zero-order valence-corrected chi connectivity index (χ0v) is 10.6. The van der Waals surface area contributed by atoms with Gasteiger partial charge in [0.15, 0.2) is 0 Å². The van der Waals surface area contributed by atoms with Crippen molar-refractivity contribution < 1.29 is 4.79 Å². The van der Waals surface area contributed by atoms with E-state index in [0.717, 1.165) is 12.8 Å². The van der Waals surface area contributed by atoms with Gasteiger partial charge in [0.25, 0.3) is 5.91 Å². The Morgan fingerprint density at radius 3 is 2.88 bits per heavy atom. The minimum atomic E-state index is -0.0182. The maximum absolute atomic E-state index is 11.9. The first-order valence-corrected chi connectivity index (χ1v) is 5.95. The Hall–Kier alpha value is -1.00. The Kier molecular flexibility index (Phi) is 5.51. The lowest BCUT2D eigenvalue weighted by Gasteiger charge is -2.31. The number of H-pyrrole nitrogens is 1. The van der Waals surface area contributed by atoms with E-state index in [9.17, 15) is 4.79 Å². The van der Waals surface area contributed by atoms with Crippen LogP contribution in [0, 0.1) is 5.92 Å². The summed E-state index contributed by atoms with van der Waals surface area (Å²) in [5.74, 6) is 0.419. The van der Waals surface area contributed by atoms with Crippen LogP contribution in [0.1, 0.15) is 36.2 Å². The van der Waals surface area contributed by atoms with E-state index >= 15 is 0 Å². The van der Waals surface area contributed by atoms with E-state index in [4.69, 9.17) is 5.73 Å². The van der Waals surface area contributed by atoms with Gasteiger partial charge in [-0.2, -0.15) is 0 Å². The highest BCUT2D eigenvalue weighted by Gasteiger charge is 2.25. The van der Waals surface area contributed by atoms with Gasteiger partial charge >= 0.3 is 0 Å². The molecule has 0 aliphatic heterocycles. The second kappa shape index (κ2) is 6.67. The van der Waals surface area contributed by atoms with Gasteiger partial charge in [-0.15, -0.1) is 12.4 Å². The first-order chi connectivity index (χ1) is 7.81. The largest absolute Gasteiger partial charge is 0.357 e. The number of nitrogens with two attached hydrogens (primary N) is 1. The monoisotopic (exact) mass is 257 g/mol. The number of aromatic nitrogens is 1. The fraction of sp³-hybridized carbons (Fsp3) is 0.583. The number of amides is 1. The number of hydrogen-bond donors (Lipinski definition) is 3. The molecule has 0 spiro atoms. The second-order valence-electron chi connectivity index (χ2n) is 4.44. The molecule has 1 fully saturated rings. The fourth-order valence-electron chi connectivity index (χ4n) is 2.40. The lowest BCUT2D eigenvalue weighted by atomic mass is 9.84. The normalized spacial score (nSPS) is 23.8. The maximum Gasteiger partial charge on any atom is 0.267 e. The molecule has 96 valence electrons. The molecule has 0 bridgehead atoms. The van der Waals surface area contributed by atoms with Crippen LogP contribution < -0.4 is 11.1 Å². The van der Waals surface area contributed by atoms with Gasteiger partial charge < -0.3 is 16.0 Å². The average Bonchev–Trinajstić information content (AvgIpc) is 2.83. The first kappa shape index (κ1) is 14.1. The Balaban J connectivity index is 0.00000144. The van der Waals surface area contributed by atoms with Crippen LogP contribution in [0.3, 0.4) is 0 Å². The van der Waals surface area contributed by atoms with Crippen molar-refractivity contribution in [3.8, 4) is 0 Å². The number of nitrogens with one attached hydrogen (secondary N) is 2. The summed E-state index contributed by atoms with van der Waals surface area (Å²) < 4.78 is 0. The second-order valence-corrected chi connectivity index (χ2v) is 4.44. The highest BCUT2D eigenvalue weighted by atomic mass is 35.5. The first-order valence-electron chi connectivity index (χ1n) is 5.95. The standard InChI is InChI=1S/C12H19N3O.ClH/c13-8-9-4-1-2-5-10(9)15-12(16)11-6-3-7-14-11;/h3,6-7,9-10,14H,1-2,4-5,8,13H2,(H,15,16);1H. The van der Waals surface area contributed by atoms with Crippen molar-refractivity contribution >= 4 is 18.3 Å². The van der Waals surface area contributed by atoms with Crippen LogP contribution in [0.25, 0.3) is 0 Å². The summed E-state index contributed by atoms with van der Waals surface area (Å²) in [6, 6.07) is 3.86. The molecule has 4 N–H and O–H groups in total. The van der Waals surface area contributed by atoms with Gasteiger partial charge in [-0.25, -0.2) is 0 Å². The van der Waals surface area contributed by atoms with E-state index < -0.39 is 0 Å². The van der Waals surface area contributed by atoms with Crippen LogP contribution in [0.5, 0.6) is 0 Å². The molecule has 1 aliphatic rings. The van der Waals surface area contributed by atoms with Crippen LogP contribution in [-0.2, 0) is 0 Å². The molecule has 1 aromatic rings. The summed E-state index contributed by atoms with van der Waals surface area (Å²) in [6.45, 7) is 0.662. The van der Waals surface area contributed by atoms with Crippen molar-refractivity contribution in [2.45, 2.75) is 31.7 Å². The third-order valence-electron chi connectivity index (χ3n) is 3.37. The SMILES string of the molecule is Cl.NCC1CCCCC1NC(=O)c1ccc[nH]1. The van der Waals surface area contributed by atoms with Gasteiger partial charge in [0.2, 0.25) is 0 Å². The topological polar surface area (TPSA) is 70.9 Å². The van der Waals surface area contributed by atoms with Gasteiger partial charge in [0.05, 0.1) is 0 Å². The van der Waals surface area contributed by atoms with Gasteiger partial charge in [-0.05, 0) is 37.4 Å². The van der Waals surface area contributed by atoms with Crippen molar-refractivity contribution in [2.24, 2.45) is 11.7 Å². The molecule has 1 saturated carbocycles. The molecule has 1 amide bonds. The predicted octanol–water partition coefficient (Wildman–Crippen LogP) is 1.68. The molecule has 1 aromatic heterocycles. The number of hydrogen-bond acceptors (Lipinski definition) is 2. The number of carbonyl (C=O) groups excluding carboxylic acids is 1. The third-order valence-corrected chi connectivity index (χ3v) is 3.37. The van der Waals surface area contributed by atoms with Crippen LogP contribution in [0.4, 0.5) is 0 Å². The number of halogens is 1. The average molecular weight is 258 g/mol. The number of aromatic amines is 1. The van der Waals surface area contributed by atoms with Crippen molar-refractivity contribution in [3.63, 3.8) is 0 Å². The van der Waals surface area contributed by atoms with Crippen LogP contribution in [0.15, 0.2) is 18.3 Å². The molecule has 4 nitrogen and oxygen atoms in total. The van der Waals surface area contributed by atoms with E-state index in [1.165, 1.54) is 12.8 Å². The Bertz CT molecular complexity index is 340. The Labute approximate surface area is 108 Å². The zero-order valence-electron chi connectivity index (χ0n) is 9.82. The minimum absolute atomic E-state index is 0. The number of rotatable bonds is 3. The molecule has 2 unspecified atom stereocenters. The smallest absolute Gasteiger partial charge is 0.267 e. The zero-order chi connectivity index (χ0) is 11.4. The van der Waals surface area contributed by atoms with Crippen LogP contribution >= 0.6 is 12.4 Å². The van der Waals surface area contributed by atoms with Crippen molar-refractivity contribution in [1.82, 2.24) is 10.3 Å². The summed E-state index contributed by atoms with van der Waals surface area (Å²) in [7, 11) is 0. The lowest BCUT2D eigenvalue weighted by Crippen LogP contribution is -2.44. The highest BCUT2D eigenvalue weighted by molar-refractivity contribution is 5.92. The molecular weight excluding hydrogens is 238 g/mol. The maximum atomic E-state index is 11.9. The molecule has 5 heteroatoms. The summed E-state index contributed by atoms with van der Waals surface area (Å²) >= 11 is 0. The fourth-order valence-corrected chi connectivity index (χ4v) is 2.40. The summed E-state index contributed by atoms with van der Waals surface area (Å²) in [5.41, 5.74) is 6.36. The van der Waals surface area contributed by atoms with Gasteiger partial charge in [0, 0.05) is 12.2 Å². The van der Waals surface area contributed by atoms with E-state index in [0.29, 0.717) is 18.2 Å². The lowest BCUT2D eigenvalue weighted by molar-refractivity contribution is 0.0903. The van der Waals surface area contributed by atoms with Crippen LogP contribution in [0.2, 0.25) is 0 Å². The molecule has 2 rings (SSSR count). The summed E-state index contributed by atoms with van der Waals surface area (Å²) in [4.78, 5) is 14.8. The molecule has 1 heterocycles. The third kappa shape index (κ3) is 3.48. The van der Waals surface area contributed by atoms with Gasteiger partial charge in [-0.3, -0.25) is 4.79 Å². The quantitative estimate of drug-likeness (QED) is 0.771. The van der Waals surface area contributed by atoms with Crippen molar-refractivity contribution in [2.75, 3.05) is 6.54 Å². The molecular formula is C12H20ClN3O.